The van der Waals surface area contributed by atoms with Gasteiger partial charge in [-0.1, -0.05) is 30.3 Å². The van der Waals surface area contributed by atoms with Crippen molar-refractivity contribution < 1.29 is 14.3 Å². The van der Waals surface area contributed by atoms with E-state index in [-0.39, 0.29) is 11.7 Å². The summed E-state index contributed by atoms with van der Waals surface area (Å²) >= 11 is 0. The summed E-state index contributed by atoms with van der Waals surface area (Å²) in [6, 6.07) is 18.7. The molecule has 1 fully saturated rings. The van der Waals surface area contributed by atoms with Crippen molar-refractivity contribution in [3.05, 3.63) is 65.7 Å². The van der Waals surface area contributed by atoms with Crippen LogP contribution >= 0.6 is 0 Å². The Balaban J connectivity index is 1.67. The Kier molecular flexibility index (Phi) is 6.02. The van der Waals surface area contributed by atoms with Gasteiger partial charge in [0.25, 0.3) is 5.91 Å². The molecule has 0 radical (unpaired) electrons. The molecule has 0 aliphatic carbocycles. The first-order chi connectivity index (χ1) is 12.7. The highest BCUT2D eigenvalue weighted by Crippen LogP contribution is 2.22. The van der Waals surface area contributed by atoms with Crippen molar-refractivity contribution in [3.8, 4) is 17.6 Å². The molecular formula is C21H20N2O3. The van der Waals surface area contributed by atoms with Gasteiger partial charge in [0.1, 0.15) is 23.1 Å². The second-order valence-corrected chi connectivity index (χ2v) is 6.00. The number of carbonyl (C=O) groups excluding carboxylic acids is 1. The fraction of sp³-hybridized carbons (Fsp3) is 0.238. The Morgan fingerprint density at radius 3 is 2.77 bits per heavy atom. The molecule has 1 N–H and O–H groups in total. The van der Waals surface area contributed by atoms with Gasteiger partial charge in [-0.2, -0.15) is 5.26 Å². The van der Waals surface area contributed by atoms with E-state index in [1.807, 2.05) is 54.6 Å². The quantitative estimate of drug-likeness (QED) is 0.638. The van der Waals surface area contributed by atoms with Gasteiger partial charge in [-0.05, 0) is 48.7 Å². The number of ether oxygens (including phenoxy) is 2. The minimum atomic E-state index is -0.391. The monoisotopic (exact) mass is 348 g/mol. The molecule has 132 valence electrons. The molecule has 1 aliphatic rings. The molecule has 1 heterocycles. The fourth-order valence-electron chi connectivity index (χ4n) is 2.71. The summed E-state index contributed by atoms with van der Waals surface area (Å²) in [6.07, 6.45) is 3.55. The van der Waals surface area contributed by atoms with Crippen molar-refractivity contribution in [2.75, 3.05) is 13.2 Å². The molecule has 5 heteroatoms. The van der Waals surface area contributed by atoms with Gasteiger partial charge in [0, 0.05) is 13.2 Å². The van der Waals surface area contributed by atoms with E-state index in [4.69, 9.17) is 9.47 Å². The average Bonchev–Trinajstić information content (AvgIpc) is 3.19. The zero-order valence-corrected chi connectivity index (χ0v) is 14.4. The van der Waals surface area contributed by atoms with Crippen LogP contribution in [0.2, 0.25) is 0 Å². The average molecular weight is 348 g/mol. The lowest BCUT2D eigenvalue weighted by atomic mass is 10.1. The molecule has 5 nitrogen and oxygen atoms in total. The molecule has 0 spiro atoms. The van der Waals surface area contributed by atoms with Crippen LogP contribution in [-0.2, 0) is 9.53 Å². The summed E-state index contributed by atoms with van der Waals surface area (Å²) < 4.78 is 11.3. The van der Waals surface area contributed by atoms with E-state index >= 15 is 0 Å². The lowest BCUT2D eigenvalue weighted by Gasteiger charge is -2.10. The first-order valence-corrected chi connectivity index (χ1v) is 8.59. The first kappa shape index (κ1) is 17.7. The topological polar surface area (TPSA) is 71.3 Å². The van der Waals surface area contributed by atoms with Gasteiger partial charge in [-0.15, -0.1) is 0 Å². The number of nitrogens with one attached hydrogen (secondary N) is 1. The third-order valence-corrected chi connectivity index (χ3v) is 4.03. The van der Waals surface area contributed by atoms with E-state index in [2.05, 4.69) is 5.32 Å². The molecule has 1 atom stereocenters. The van der Waals surface area contributed by atoms with Gasteiger partial charge in [-0.3, -0.25) is 4.79 Å². The molecular weight excluding hydrogens is 328 g/mol. The van der Waals surface area contributed by atoms with E-state index in [0.29, 0.717) is 12.3 Å². The smallest absolute Gasteiger partial charge is 0.262 e. The number of para-hydroxylation sites is 1. The van der Waals surface area contributed by atoms with Gasteiger partial charge < -0.3 is 14.8 Å². The molecule has 0 unspecified atom stereocenters. The maximum Gasteiger partial charge on any atom is 0.262 e. The normalized spacial score (nSPS) is 16.7. The van der Waals surface area contributed by atoms with Crippen LogP contribution in [0.1, 0.15) is 18.4 Å². The second-order valence-electron chi connectivity index (χ2n) is 6.00. The second kappa shape index (κ2) is 8.84. The summed E-state index contributed by atoms with van der Waals surface area (Å²) in [5, 5.41) is 12.1. The maximum absolute atomic E-state index is 12.2. The number of nitriles is 1. The summed E-state index contributed by atoms with van der Waals surface area (Å²) in [7, 11) is 0. The molecule has 2 aromatic rings. The maximum atomic E-state index is 12.2. The van der Waals surface area contributed by atoms with Crippen molar-refractivity contribution in [1.82, 2.24) is 5.32 Å². The van der Waals surface area contributed by atoms with Crippen LogP contribution < -0.4 is 10.1 Å². The van der Waals surface area contributed by atoms with Crippen LogP contribution in [0, 0.1) is 11.3 Å². The third-order valence-electron chi connectivity index (χ3n) is 4.03. The zero-order valence-electron chi connectivity index (χ0n) is 14.4. The van der Waals surface area contributed by atoms with Gasteiger partial charge in [0.2, 0.25) is 0 Å². The Morgan fingerprint density at radius 2 is 2.04 bits per heavy atom. The van der Waals surface area contributed by atoms with Crippen LogP contribution in [0.5, 0.6) is 11.5 Å². The third kappa shape index (κ3) is 4.95. The van der Waals surface area contributed by atoms with Crippen LogP contribution in [-0.4, -0.2) is 25.2 Å². The number of hydrogen-bond acceptors (Lipinski definition) is 4. The number of benzene rings is 2. The molecule has 1 aliphatic heterocycles. The number of rotatable bonds is 6. The number of nitrogens with zero attached hydrogens (tertiary/aromatic N) is 1. The molecule has 0 aromatic heterocycles. The van der Waals surface area contributed by atoms with E-state index < -0.39 is 5.91 Å². The molecule has 0 saturated carbocycles. The van der Waals surface area contributed by atoms with E-state index in [9.17, 15) is 10.1 Å². The zero-order chi connectivity index (χ0) is 18.2. The Bertz CT molecular complexity index is 819. The minimum absolute atomic E-state index is 0.0430. The molecule has 0 bridgehead atoms. The Labute approximate surface area is 152 Å². The van der Waals surface area contributed by atoms with Crippen molar-refractivity contribution in [2.45, 2.75) is 18.9 Å². The van der Waals surface area contributed by atoms with E-state index in [1.54, 1.807) is 12.1 Å². The number of carbonyl (C=O) groups is 1. The molecule has 2 aromatic carbocycles. The van der Waals surface area contributed by atoms with Crippen molar-refractivity contribution in [1.29, 1.82) is 5.26 Å². The van der Waals surface area contributed by atoms with Crippen LogP contribution in [0.15, 0.2) is 60.2 Å². The SMILES string of the molecule is N#C/C(=C/c1cccc(Oc2ccccc2)c1)C(=O)NC[C@@H]1CCCO1. The minimum Gasteiger partial charge on any atom is -0.457 e. The van der Waals surface area contributed by atoms with Crippen molar-refractivity contribution >= 4 is 12.0 Å². The van der Waals surface area contributed by atoms with Crippen LogP contribution in [0.4, 0.5) is 0 Å². The number of hydrogen-bond donors (Lipinski definition) is 1. The van der Waals surface area contributed by atoms with Gasteiger partial charge in [-0.25, -0.2) is 0 Å². The van der Waals surface area contributed by atoms with Gasteiger partial charge >= 0.3 is 0 Å². The van der Waals surface area contributed by atoms with Crippen LogP contribution in [0.25, 0.3) is 6.08 Å². The van der Waals surface area contributed by atoms with Crippen molar-refractivity contribution in [3.63, 3.8) is 0 Å². The van der Waals surface area contributed by atoms with E-state index in [1.165, 1.54) is 0 Å². The highest BCUT2D eigenvalue weighted by molar-refractivity contribution is 6.01. The highest BCUT2D eigenvalue weighted by Gasteiger charge is 2.17. The summed E-state index contributed by atoms with van der Waals surface area (Å²) in [5.41, 5.74) is 0.780. The molecule has 26 heavy (non-hydrogen) atoms. The predicted octanol–water partition coefficient (Wildman–Crippen LogP) is 3.68. The summed E-state index contributed by atoms with van der Waals surface area (Å²) in [5.74, 6) is 0.975. The number of amides is 1. The summed E-state index contributed by atoms with van der Waals surface area (Å²) in [4.78, 5) is 12.2. The highest BCUT2D eigenvalue weighted by atomic mass is 16.5. The standard InChI is InChI=1S/C21H20N2O3/c22-14-17(21(24)23-15-20-10-5-11-25-20)12-16-6-4-9-19(13-16)26-18-7-2-1-3-8-18/h1-4,6-9,12-13,20H,5,10-11,15H2,(H,23,24)/b17-12-/t20-/m0/s1. The van der Waals surface area contributed by atoms with Crippen LogP contribution in [0.3, 0.4) is 0 Å². The first-order valence-electron chi connectivity index (χ1n) is 8.59. The van der Waals surface area contributed by atoms with Gasteiger partial charge in [0.15, 0.2) is 0 Å². The predicted molar refractivity (Wildman–Crippen MR) is 98.5 cm³/mol. The van der Waals surface area contributed by atoms with E-state index in [0.717, 1.165) is 30.8 Å². The summed E-state index contributed by atoms with van der Waals surface area (Å²) in [6.45, 7) is 1.16. The molecule has 3 rings (SSSR count). The molecule has 1 saturated heterocycles. The lowest BCUT2D eigenvalue weighted by molar-refractivity contribution is -0.117. The van der Waals surface area contributed by atoms with Gasteiger partial charge in [0.05, 0.1) is 6.10 Å². The largest absolute Gasteiger partial charge is 0.457 e. The Hall–Kier alpha value is -3.10. The fourth-order valence-corrected chi connectivity index (χ4v) is 2.71. The van der Waals surface area contributed by atoms with Crippen molar-refractivity contribution in [2.24, 2.45) is 0 Å². The Morgan fingerprint density at radius 1 is 1.23 bits per heavy atom. The lowest BCUT2D eigenvalue weighted by Crippen LogP contribution is -2.32. The molecule has 1 amide bonds.